The van der Waals surface area contributed by atoms with Gasteiger partial charge in [0.25, 0.3) is 0 Å². The van der Waals surface area contributed by atoms with Crippen molar-refractivity contribution in [2.45, 2.75) is 20.3 Å². The Morgan fingerprint density at radius 2 is 2.33 bits per heavy atom. The predicted molar refractivity (Wildman–Crippen MR) is 47.8 cm³/mol. The average Bonchev–Trinajstić information content (AvgIpc) is 2.13. The van der Waals surface area contributed by atoms with Crippen molar-refractivity contribution in [3.05, 3.63) is 23.8 Å². The van der Waals surface area contributed by atoms with E-state index in [1.165, 1.54) is 0 Å². The molecule has 2 atom stereocenters. The predicted octanol–water partition coefficient (Wildman–Crippen LogP) is 2.23. The first kappa shape index (κ1) is 9.04. The Labute approximate surface area is 72.6 Å². The van der Waals surface area contributed by atoms with Gasteiger partial charge in [0.2, 0.25) is 0 Å². The number of allylic oxidation sites excluding steroid dienone is 4. The van der Waals surface area contributed by atoms with Gasteiger partial charge in [-0.15, -0.1) is 0 Å². The van der Waals surface area contributed by atoms with Crippen LogP contribution in [0.3, 0.4) is 0 Å². The number of hydrogen-bond donors (Lipinski definition) is 1. The van der Waals surface area contributed by atoms with Gasteiger partial charge in [-0.05, 0) is 19.3 Å². The zero-order valence-corrected chi connectivity index (χ0v) is 7.45. The van der Waals surface area contributed by atoms with E-state index in [4.69, 9.17) is 5.11 Å². The molecule has 2 heteroatoms. The van der Waals surface area contributed by atoms with Gasteiger partial charge in [0.15, 0.2) is 0 Å². The van der Waals surface area contributed by atoms with Crippen LogP contribution in [0.5, 0.6) is 0 Å². The average molecular weight is 166 g/mol. The summed E-state index contributed by atoms with van der Waals surface area (Å²) in [4.78, 5) is 10.8. The molecule has 66 valence electrons. The Morgan fingerprint density at radius 3 is 2.92 bits per heavy atom. The number of hydrogen-bond acceptors (Lipinski definition) is 1. The second-order valence-corrected chi connectivity index (χ2v) is 3.41. The Hall–Kier alpha value is -1.05. The second kappa shape index (κ2) is 3.57. The van der Waals surface area contributed by atoms with Crippen molar-refractivity contribution in [2.24, 2.45) is 11.8 Å². The molecule has 2 unspecified atom stereocenters. The first-order chi connectivity index (χ1) is 5.61. The van der Waals surface area contributed by atoms with Crippen molar-refractivity contribution in [3.63, 3.8) is 0 Å². The number of rotatable bonds is 1. The minimum Gasteiger partial charge on any atom is -0.481 e. The molecule has 0 amide bonds. The van der Waals surface area contributed by atoms with Gasteiger partial charge >= 0.3 is 5.97 Å². The summed E-state index contributed by atoms with van der Waals surface area (Å²) in [6, 6.07) is 0. The quantitative estimate of drug-likeness (QED) is 0.648. The molecule has 0 aromatic heterocycles. The molecular formula is C10H14O2. The van der Waals surface area contributed by atoms with Gasteiger partial charge in [0.05, 0.1) is 5.92 Å². The largest absolute Gasteiger partial charge is 0.481 e. The van der Waals surface area contributed by atoms with E-state index in [9.17, 15) is 4.79 Å². The fourth-order valence-electron chi connectivity index (χ4n) is 1.44. The fraction of sp³-hybridized carbons (Fsp3) is 0.500. The molecule has 0 aliphatic heterocycles. The van der Waals surface area contributed by atoms with Crippen LogP contribution in [0.25, 0.3) is 0 Å². The lowest BCUT2D eigenvalue weighted by atomic mass is 9.90. The van der Waals surface area contributed by atoms with E-state index in [0.717, 1.165) is 5.57 Å². The molecular weight excluding hydrogens is 152 g/mol. The van der Waals surface area contributed by atoms with Gasteiger partial charge in [-0.2, -0.15) is 0 Å². The van der Waals surface area contributed by atoms with E-state index in [0.29, 0.717) is 6.42 Å². The molecule has 0 fully saturated rings. The monoisotopic (exact) mass is 166 g/mol. The normalized spacial score (nSPS) is 29.3. The summed E-state index contributed by atoms with van der Waals surface area (Å²) >= 11 is 0. The summed E-state index contributed by atoms with van der Waals surface area (Å²) in [5, 5.41) is 8.89. The van der Waals surface area contributed by atoms with E-state index in [1.807, 2.05) is 32.1 Å². The van der Waals surface area contributed by atoms with Crippen molar-refractivity contribution in [1.82, 2.24) is 0 Å². The third-order valence-corrected chi connectivity index (χ3v) is 2.29. The summed E-state index contributed by atoms with van der Waals surface area (Å²) < 4.78 is 0. The standard InChI is InChI=1S/C10H14O2/c1-7-4-3-5-8(2)9(6-7)10(11)12/h3-5,8-9H,6H2,1-2H3,(H,11,12). The van der Waals surface area contributed by atoms with Crippen LogP contribution in [0.2, 0.25) is 0 Å². The Balaban J connectivity index is 2.80. The lowest BCUT2D eigenvalue weighted by molar-refractivity contribution is -0.142. The van der Waals surface area contributed by atoms with E-state index in [-0.39, 0.29) is 11.8 Å². The van der Waals surface area contributed by atoms with Crippen LogP contribution < -0.4 is 0 Å². The van der Waals surface area contributed by atoms with Crippen LogP contribution in [0, 0.1) is 11.8 Å². The van der Waals surface area contributed by atoms with Gasteiger partial charge in [-0.1, -0.05) is 30.7 Å². The lowest BCUT2D eigenvalue weighted by Crippen LogP contribution is -2.19. The summed E-state index contributed by atoms with van der Waals surface area (Å²) in [5.41, 5.74) is 1.14. The van der Waals surface area contributed by atoms with Crippen LogP contribution in [0.15, 0.2) is 23.8 Å². The molecule has 1 aliphatic rings. The molecule has 0 saturated carbocycles. The zero-order chi connectivity index (χ0) is 9.14. The molecule has 0 bridgehead atoms. The van der Waals surface area contributed by atoms with Crippen LogP contribution in [0.4, 0.5) is 0 Å². The van der Waals surface area contributed by atoms with Gasteiger partial charge in [-0.3, -0.25) is 4.79 Å². The summed E-state index contributed by atoms with van der Waals surface area (Å²) in [7, 11) is 0. The number of carboxylic acids is 1. The third-order valence-electron chi connectivity index (χ3n) is 2.29. The van der Waals surface area contributed by atoms with Gasteiger partial charge in [0, 0.05) is 0 Å². The Kier molecular flexibility index (Phi) is 2.69. The molecule has 0 heterocycles. The minimum absolute atomic E-state index is 0.135. The van der Waals surface area contributed by atoms with Crippen LogP contribution in [-0.2, 0) is 4.79 Å². The highest BCUT2D eigenvalue weighted by Gasteiger charge is 2.23. The van der Waals surface area contributed by atoms with Crippen molar-refractivity contribution in [1.29, 1.82) is 0 Å². The van der Waals surface area contributed by atoms with E-state index in [1.54, 1.807) is 0 Å². The highest BCUT2D eigenvalue weighted by molar-refractivity contribution is 5.71. The summed E-state index contributed by atoms with van der Waals surface area (Å²) in [6.45, 7) is 3.92. The first-order valence-electron chi connectivity index (χ1n) is 4.18. The number of aliphatic carboxylic acids is 1. The smallest absolute Gasteiger partial charge is 0.307 e. The van der Waals surface area contributed by atoms with Crippen molar-refractivity contribution in [2.75, 3.05) is 0 Å². The van der Waals surface area contributed by atoms with Crippen molar-refractivity contribution >= 4 is 5.97 Å². The molecule has 1 aliphatic carbocycles. The molecule has 0 saturated heterocycles. The van der Waals surface area contributed by atoms with Crippen molar-refractivity contribution < 1.29 is 9.90 Å². The van der Waals surface area contributed by atoms with E-state index < -0.39 is 5.97 Å². The molecule has 1 N–H and O–H groups in total. The second-order valence-electron chi connectivity index (χ2n) is 3.41. The van der Waals surface area contributed by atoms with Gasteiger partial charge in [-0.25, -0.2) is 0 Å². The van der Waals surface area contributed by atoms with E-state index in [2.05, 4.69) is 0 Å². The Morgan fingerprint density at radius 1 is 1.67 bits per heavy atom. The lowest BCUT2D eigenvalue weighted by Gasteiger charge is -2.15. The van der Waals surface area contributed by atoms with Crippen LogP contribution >= 0.6 is 0 Å². The highest BCUT2D eigenvalue weighted by Crippen LogP contribution is 2.24. The topological polar surface area (TPSA) is 37.3 Å². The number of carbonyl (C=O) groups is 1. The van der Waals surface area contributed by atoms with E-state index >= 15 is 0 Å². The molecule has 1 rings (SSSR count). The molecule has 12 heavy (non-hydrogen) atoms. The summed E-state index contributed by atoms with van der Waals surface area (Å²) in [5.74, 6) is -0.807. The molecule has 0 spiro atoms. The maximum Gasteiger partial charge on any atom is 0.307 e. The highest BCUT2D eigenvalue weighted by atomic mass is 16.4. The minimum atomic E-state index is -0.693. The molecule has 0 aromatic rings. The first-order valence-corrected chi connectivity index (χ1v) is 4.18. The van der Waals surface area contributed by atoms with Crippen LogP contribution in [-0.4, -0.2) is 11.1 Å². The maximum absolute atomic E-state index is 10.8. The zero-order valence-electron chi connectivity index (χ0n) is 7.45. The van der Waals surface area contributed by atoms with Gasteiger partial charge in [0.1, 0.15) is 0 Å². The number of carboxylic acid groups (broad SMARTS) is 1. The fourth-order valence-corrected chi connectivity index (χ4v) is 1.44. The molecule has 2 nitrogen and oxygen atoms in total. The SMILES string of the molecule is CC1=CC=CC(C)C(C(=O)O)C1. The molecule has 0 radical (unpaired) electrons. The van der Waals surface area contributed by atoms with Crippen molar-refractivity contribution in [3.8, 4) is 0 Å². The van der Waals surface area contributed by atoms with Gasteiger partial charge < -0.3 is 5.11 Å². The third kappa shape index (κ3) is 1.97. The Bertz CT molecular complexity index is 238. The maximum atomic E-state index is 10.8. The summed E-state index contributed by atoms with van der Waals surface area (Å²) in [6.07, 6.45) is 6.56. The van der Waals surface area contributed by atoms with Crippen LogP contribution in [0.1, 0.15) is 20.3 Å². The molecule has 0 aromatic carbocycles.